The van der Waals surface area contributed by atoms with Gasteiger partial charge in [0.05, 0.1) is 36.6 Å². The summed E-state index contributed by atoms with van der Waals surface area (Å²) in [6.07, 6.45) is -0.910. The van der Waals surface area contributed by atoms with Crippen molar-refractivity contribution in [3.8, 4) is 0 Å². The quantitative estimate of drug-likeness (QED) is 0.432. The lowest BCUT2D eigenvalue weighted by molar-refractivity contribution is -0.222. The van der Waals surface area contributed by atoms with Gasteiger partial charge in [-0.1, -0.05) is 0 Å². The lowest BCUT2D eigenvalue weighted by Crippen LogP contribution is -2.58. The molecule has 0 aromatic carbocycles. The molecule has 0 radical (unpaired) electrons. The van der Waals surface area contributed by atoms with Crippen LogP contribution in [0.25, 0.3) is 0 Å². The Morgan fingerprint density at radius 3 is 2.14 bits per heavy atom. The average Bonchev–Trinajstić information content (AvgIpc) is 2.47. The molecule has 3 fully saturated rings. The smallest absolute Gasteiger partial charge is 0.106 e. The predicted molar refractivity (Wildman–Crippen MR) is 73.4 cm³/mol. The number of hydrogen-bond donors (Lipinski definition) is 5. The maximum absolute atomic E-state index is 10.1. The molecule has 0 amide bonds. The number of aliphatic hydroxyl groups excluding tert-OH is 5. The molecule has 1 heterocycles. The number of aliphatic hydroxyl groups is 5. The summed E-state index contributed by atoms with van der Waals surface area (Å²) in [5.41, 5.74) is 0. The van der Waals surface area contributed by atoms with E-state index >= 15 is 0 Å². The number of hydrogen-bond acceptors (Lipinski definition) is 6. The Morgan fingerprint density at radius 2 is 1.43 bits per heavy atom. The van der Waals surface area contributed by atoms with E-state index in [4.69, 9.17) is 4.74 Å². The Balaban J connectivity index is 1.65. The molecule has 9 unspecified atom stereocenters. The van der Waals surface area contributed by atoms with Crippen molar-refractivity contribution in [3.05, 3.63) is 0 Å². The van der Waals surface area contributed by atoms with Gasteiger partial charge in [0.1, 0.15) is 6.10 Å². The largest absolute Gasteiger partial charge is 0.393 e. The zero-order valence-corrected chi connectivity index (χ0v) is 12.1. The molecule has 3 aliphatic rings. The molecule has 5 N–H and O–H groups in total. The first-order valence-electron chi connectivity index (χ1n) is 8.03. The van der Waals surface area contributed by atoms with E-state index in [-0.39, 0.29) is 24.4 Å². The number of rotatable bonds is 1. The fraction of sp³-hybridized carbons (Fsp3) is 1.00. The van der Waals surface area contributed by atoms with E-state index in [9.17, 15) is 25.5 Å². The maximum atomic E-state index is 10.1. The van der Waals surface area contributed by atoms with Crippen molar-refractivity contribution in [2.75, 3.05) is 0 Å². The second kappa shape index (κ2) is 6.10. The normalized spacial score (nSPS) is 55.0. The molecule has 2 aliphatic carbocycles. The van der Waals surface area contributed by atoms with Crippen LogP contribution in [0.2, 0.25) is 0 Å². The van der Waals surface area contributed by atoms with Gasteiger partial charge in [0, 0.05) is 12.3 Å². The third kappa shape index (κ3) is 2.98. The molecule has 6 heteroatoms. The van der Waals surface area contributed by atoms with Crippen LogP contribution in [0.15, 0.2) is 0 Å². The minimum atomic E-state index is -0.958. The molecular weight excluding hydrogens is 276 g/mol. The highest BCUT2D eigenvalue weighted by Gasteiger charge is 2.48. The van der Waals surface area contributed by atoms with Crippen molar-refractivity contribution in [2.45, 2.75) is 81.3 Å². The molecule has 0 spiro atoms. The van der Waals surface area contributed by atoms with Crippen LogP contribution in [-0.2, 0) is 4.74 Å². The Bertz CT molecular complexity index is 364. The number of ether oxygens (including phenoxy) is 1. The Morgan fingerprint density at radius 1 is 0.667 bits per heavy atom. The first-order valence-corrected chi connectivity index (χ1v) is 8.03. The first kappa shape index (κ1) is 15.6. The summed E-state index contributed by atoms with van der Waals surface area (Å²) < 4.78 is 6.00. The SMILES string of the molecule is OC1CCC(C2CCC3C(O)CC(O)C(O)C3O2)CC1O. The second-order valence-corrected chi connectivity index (χ2v) is 6.95. The highest BCUT2D eigenvalue weighted by molar-refractivity contribution is 4.98. The molecule has 6 nitrogen and oxygen atoms in total. The highest BCUT2D eigenvalue weighted by Crippen LogP contribution is 2.41. The van der Waals surface area contributed by atoms with E-state index in [1.807, 2.05) is 0 Å². The Labute approximate surface area is 124 Å². The Hall–Kier alpha value is -0.240. The van der Waals surface area contributed by atoms with Crippen LogP contribution in [0, 0.1) is 11.8 Å². The fourth-order valence-corrected chi connectivity index (χ4v) is 4.26. The van der Waals surface area contributed by atoms with Gasteiger partial charge in [-0.05, 0) is 38.0 Å². The van der Waals surface area contributed by atoms with Crippen molar-refractivity contribution in [2.24, 2.45) is 11.8 Å². The zero-order chi connectivity index (χ0) is 15.1. The van der Waals surface area contributed by atoms with E-state index in [1.165, 1.54) is 0 Å². The van der Waals surface area contributed by atoms with Gasteiger partial charge in [0.15, 0.2) is 0 Å². The number of fused-ring (bicyclic) bond motifs is 1. The highest BCUT2D eigenvalue weighted by atomic mass is 16.5. The molecule has 0 bridgehead atoms. The molecule has 122 valence electrons. The predicted octanol–water partition coefficient (Wildman–Crippen LogP) is -0.841. The fourth-order valence-electron chi connectivity index (χ4n) is 4.26. The minimum Gasteiger partial charge on any atom is -0.393 e. The van der Waals surface area contributed by atoms with Gasteiger partial charge in [-0.3, -0.25) is 0 Å². The summed E-state index contributed by atoms with van der Waals surface area (Å²) in [6, 6.07) is 0. The van der Waals surface area contributed by atoms with Crippen LogP contribution in [0.4, 0.5) is 0 Å². The summed E-state index contributed by atoms with van der Waals surface area (Å²) in [5, 5.41) is 49.4. The third-order valence-corrected chi connectivity index (χ3v) is 5.59. The molecule has 3 rings (SSSR count). The topological polar surface area (TPSA) is 110 Å². The zero-order valence-electron chi connectivity index (χ0n) is 12.1. The minimum absolute atomic E-state index is 0.0828. The van der Waals surface area contributed by atoms with E-state index < -0.39 is 36.6 Å². The van der Waals surface area contributed by atoms with Gasteiger partial charge in [-0.15, -0.1) is 0 Å². The second-order valence-electron chi connectivity index (χ2n) is 6.95. The van der Waals surface area contributed by atoms with Crippen molar-refractivity contribution in [1.29, 1.82) is 0 Å². The van der Waals surface area contributed by atoms with Crippen LogP contribution < -0.4 is 0 Å². The van der Waals surface area contributed by atoms with Crippen molar-refractivity contribution in [3.63, 3.8) is 0 Å². The van der Waals surface area contributed by atoms with Crippen LogP contribution in [0.5, 0.6) is 0 Å². The van der Waals surface area contributed by atoms with E-state index in [0.717, 1.165) is 19.3 Å². The summed E-state index contributed by atoms with van der Waals surface area (Å²) >= 11 is 0. The lowest BCUT2D eigenvalue weighted by Gasteiger charge is -2.48. The van der Waals surface area contributed by atoms with E-state index in [0.29, 0.717) is 12.8 Å². The summed E-state index contributed by atoms with van der Waals surface area (Å²) in [4.78, 5) is 0. The average molecular weight is 302 g/mol. The summed E-state index contributed by atoms with van der Waals surface area (Å²) in [7, 11) is 0. The summed E-state index contributed by atoms with van der Waals surface area (Å²) in [5.74, 6) is 0.0338. The van der Waals surface area contributed by atoms with Crippen LogP contribution >= 0.6 is 0 Å². The van der Waals surface area contributed by atoms with Gasteiger partial charge in [0.25, 0.3) is 0 Å². The monoisotopic (exact) mass is 302 g/mol. The third-order valence-electron chi connectivity index (χ3n) is 5.59. The van der Waals surface area contributed by atoms with Gasteiger partial charge in [0.2, 0.25) is 0 Å². The molecule has 0 aromatic heterocycles. The van der Waals surface area contributed by atoms with Gasteiger partial charge < -0.3 is 30.3 Å². The molecule has 9 atom stereocenters. The van der Waals surface area contributed by atoms with E-state index in [1.54, 1.807) is 0 Å². The molecule has 0 aromatic rings. The van der Waals surface area contributed by atoms with E-state index in [2.05, 4.69) is 0 Å². The summed E-state index contributed by atoms with van der Waals surface area (Å²) in [6.45, 7) is 0. The van der Waals surface area contributed by atoms with Crippen LogP contribution in [0.3, 0.4) is 0 Å². The molecule has 21 heavy (non-hydrogen) atoms. The molecule has 1 aliphatic heterocycles. The van der Waals surface area contributed by atoms with Crippen LogP contribution in [0.1, 0.15) is 38.5 Å². The Kier molecular flexibility index (Phi) is 4.55. The van der Waals surface area contributed by atoms with Crippen molar-refractivity contribution in [1.82, 2.24) is 0 Å². The molecular formula is C15H26O6. The van der Waals surface area contributed by atoms with Crippen LogP contribution in [-0.4, -0.2) is 68.3 Å². The van der Waals surface area contributed by atoms with Gasteiger partial charge in [-0.25, -0.2) is 0 Å². The standard InChI is InChI=1S/C15H26O6/c16-9-3-1-7(5-11(9)18)13-4-2-8-10(17)6-12(19)14(20)15(8)21-13/h7-20H,1-6H2. The van der Waals surface area contributed by atoms with Crippen molar-refractivity contribution >= 4 is 0 Å². The van der Waals surface area contributed by atoms with Crippen molar-refractivity contribution < 1.29 is 30.3 Å². The van der Waals surface area contributed by atoms with Gasteiger partial charge >= 0.3 is 0 Å². The van der Waals surface area contributed by atoms with Gasteiger partial charge in [-0.2, -0.15) is 0 Å². The lowest BCUT2D eigenvalue weighted by atomic mass is 9.73. The molecule has 1 saturated heterocycles. The molecule has 2 saturated carbocycles. The first-order chi connectivity index (χ1) is 9.97. The maximum Gasteiger partial charge on any atom is 0.106 e.